The summed E-state index contributed by atoms with van der Waals surface area (Å²) in [5.41, 5.74) is 1.08. The summed E-state index contributed by atoms with van der Waals surface area (Å²) in [5.74, 6) is -0.999. The Hall–Kier alpha value is -3.71. The molecule has 5 rings (SSSR count). The monoisotopic (exact) mass is 560 g/mol. The Bertz CT molecular complexity index is 1400. The van der Waals surface area contributed by atoms with E-state index in [1.807, 2.05) is 0 Å². The standard InChI is InChI=1S/C26H27F3N6O3S/c1-3-30-25(38)33-22-9-18(23-32-21(13-39-23)26(27,28)29)19(10-31-22)17-8-14(24(36)37)4-7-20(17)35-15-5-6-16(35)12-34(2)11-15/h4,7-10,13,15-16H,3,5-6,11-12H2,1-2H3,(H,36,37)(H2,30,31,33,38). The molecule has 206 valence electrons. The second-order valence-electron chi connectivity index (χ2n) is 9.69. The lowest BCUT2D eigenvalue weighted by molar-refractivity contribution is -0.140. The Morgan fingerprint density at radius 2 is 1.85 bits per heavy atom. The summed E-state index contributed by atoms with van der Waals surface area (Å²) in [6, 6.07) is 6.24. The van der Waals surface area contributed by atoms with Crippen molar-refractivity contribution in [3.8, 4) is 21.7 Å². The first kappa shape index (κ1) is 26.9. The van der Waals surface area contributed by atoms with Crippen LogP contribution in [-0.2, 0) is 6.18 Å². The largest absolute Gasteiger partial charge is 0.478 e. The first-order chi connectivity index (χ1) is 18.5. The van der Waals surface area contributed by atoms with E-state index in [9.17, 15) is 27.9 Å². The highest BCUT2D eigenvalue weighted by atomic mass is 32.1. The van der Waals surface area contributed by atoms with Gasteiger partial charge in [0.2, 0.25) is 0 Å². The van der Waals surface area contributed by atoms with E-state index in [1.54, 1.807) is 19.1 Å². The molecule has 2 amide bonds. The predicted molar refractivity (Wildman–Crippen MR) is 142 cm³/mol. The van der Waals surface area contributed by atoms with Gasteiger partial charge in [-0.05, 0) is 51.1 Å². The van der Waals surface area contributed by atoms with Crippen molar-refractivity contribution in [3.05, 3.63) is 47.1 Å². The van der Waals surface area contributed by atoms with Gasteiger partial charge in [0.25, 0.3) is 0 Å². The van der Waals surface area contributed by atoms with Crippen molar-refractivity contribution < 1.29 is 27.9 Å². The molecule has 9 nitrogen and oxygen atoms in total. The van der Waals surface area contributed by atoms with Crippen molar-refractivity contribution in [3.63, 3.8) is 0 Å². The van der Waals surface area contributed by atoms with Crippen molar-refractivity contribution in [2.45, 2.75) is 38.0 Å². The van der Waals surface area contributed by atoms with E-state index >= 15 is 0 Å². The van der Waals surface area contributed by atoms with Crippen molar-refractivity contribution in [2.24, 2.45) is 0 Å². The highest BCUT2D eigenvalue weighted by Crippen LogP contribution is 2.45. The van der Waals surface area contributed by atoms with Gasteiger partial charge in [-0.3, -0.25) is 5.32 Å². The van der Waals surface area contributed by atoms with E-state index in [2.05, 4.69) is 37.4 Å². The van der Waals surface area contributed by atoms with Gasteiger partial charge < -0.3 is 20.2 Å². The number of halogens is 3. The van der Waals surface area contributed by atoms with E-state index in [0.717, 1.165) is 48.3 Å². The highest BCUT2D eigenvalue weighted by Gasteiger charge is 2.40. The zero-order valence-electron chi connectivity index (χ0n) is 21.2. The molecule has 0 saturated carbocycles. The number of hydrogen-bond acceptors (Lipinski definition) is 7. The van der Waals surface area contributed by atoms with Crippen LogP contribution in [-0.4, -0.2) is 70.7 Å². The minimum absolute atomic E-state index is 0.0424. The van der Waals surface area contributed by atoms with Crippen LogP contribution in [0.2, 0.25) is 0 Å². The number of carbonyl (C=O) groups is 2. The molecule has 2 atom stereocenters. The van der Waals surface area contributed by atoms with Crippen LogP contribution in [0.25, 0.3) is 21.7 Å². The number of rotatable bonds is 6. The van der Waals surface area contributed by atoms with Gasteiger partial charge in [0.05, 0.1) is 5.56 Å². The Morgan fingerprint density at radius 1 is 1.13 bits per heavy atom. The maximum absolute atomic E-state index is 13.4. The number of amides is 2. The van der Waals surface area contributed by atoms with Crippen LogP contribution in [0.15, 0.2) is 35.8 Å². The number of likely N-dealkylation sites (N-methyl/N-ethyl adjacent to an activating group) is 1. The number of urea groups is 1. The topological polar surface area (TPSA) is 111 Å². The fourth-order valence-corrected chi connectivity index (χ4v) is 6.24. The summed E-state index contributed by atoms with van der Waals surface area (Å²) >= 11 is 0.818. The summed E-state index contributed by atoms with van der Waals surface area (Å²) < 4.78 is 40.3. The number of carboxylic acids is 1. The third kappa shape index (κ3) is 5.41. The molecule has 0 aliphatic carbocycles. The molecular weight excluding hydrogens is 533 g/mol. The van der Waals surface area contributed by atoms with Gasteiger partial charge in [-0.1, -0.05) is 0 Å². The number of anilines is 2. The van der Waals surface area contributed by atoms with Gasteiger partial charge in [0.15, 0.2) is 5.69 Å². The number of aromatic carboxylic acids is 1. The molecule has 2 bridgehead atoms. The Kier molecular flexibility index (Phi) is 7.21. The van der Waals surface area contributed by atoms with Gasteiger partial charge in [-0.2, -0.15) is 13.2 Å². The summed E-state index contributed by atoms with van der Waals surface area (Å²) in [5, 5.41) is 15.9. The van der Waals surface area contributed by atoms with Gasteiger partial charge in [0, 0.05) is 65.7 Å². The van der Waals surface area contributed by atoms with Crippen molar-refractivity contribution in [1.82, 2.24) is 20.2 Å². The molecule has 2 aliphatic rings. The minimum atomic E-state index is -4.63. The normalized spacial score (nSPS) is 19.3. The second kappa shape index (κ2) is 10.5. The maximum atomic E-state index is 13.4. The van der Waals surface area contributed by atoms with Crippen LogP contribution in [0.4, 0.5) is 29.5 Å². The zero-order chi connectivity index (χ0) is 27.9. The first-order valence-corrected chi connectivity index (χ1v) is 13.4. The Morgan fingerprint density at radius 3 is 2.46 bits per heavy atom. The number of fused-ring (bicyclic) bond motifs is 2. The fraction of sp³-hybridized carbons (Fsp3) is 0.385. The molecule has 3 N–H and O–H groups in total. The quantitative estimate of drug-likeness (QED) is 0.389. The second-order valence-corrected chi connectivity index (χ2v) is 10.5. The molecule has 39 heavy (non-hydrogen) atoms. The third-order valence-electron chi connectivity index (χ3n) is 6.98. The molecular formula is C26H27F3N6O3S. The van der Waals surface area contributed by atoms with Crippen LogP contribution < -0.4 is 15.5 Å². The molecule has 2 aliphatic heterocycles. The van der Waals surface area contributed by atoms with Crippen LogP contribution in [0.3, 0.4) is 0 Å². The average molecular weight is 561 g/mol. The van der Waals surface area contributed by atoms with E-state index in [0.29, 0.717) is 23.2 Å². The molecule has 0 spiro atoms. The smallest absolute Gasteiger partial charge is 0.434 e. The van der Waals surface area contributed by atoms with Crippen molar-refractivity contribution >= 4 is 34.8 Å². The Labute approximate surface area is 226 Å². The van der Waals surface area contributed by atoms with Crippen molar-refractivity contribution in [1.29, 1.82) is 0 Å². The van der Waals surface area contributed by atoms with E-state index < -0.39 is 23.9 Å². The third-order valence-corrected chi connectivity index (χ3v) is 7.86. The lowest BCUT2D eigenvalue weighted by atomic mass is 9.96. The predicted octanol–water partition coefficient (Wildman–Crippen LogP) is 5.01. The number of alkyl halides is 3. The summed E-state index contributed by atoms with van der Waals surface area (Å²) in [6.07, 6.45) is -1.21. The molecule has 0 radical (unpaired) electrons. The number of carboxylic acid groups (broad SMARTS) is 1. The number of carbonyl (C=O) groups excluding carboxylic acids is 1. The van der Waals surface area contributed by atoms with Gasteiger partial charge in [-0.25, -0.2) is 19.6 Å². The number of nitrogens with one attached hydrogen (secondary N) is 2. The summed E-state index contributed by atoms with van der Waals surface area (Å²) in [7, 11) is 2.07. The van der Waals surface area contributed by atoms with Crippen LogP contribution in [0.5, 0.6) is 0 Å². The average Bonchev–Trinajstić information content (AvgIpc) is 3.47. The summed E-state index contributed by atoms with van der Waals surface area (Å²) in [4.78, 5) is 36.8. The van der Waals surface area contributed by atoms with E-state index in [4.69, 9.17) is 0 Å². The molecule has 2 unspecified atom stereocenters. The SMILES string of the molecule is CCNC(=O)Nc1cc(-c2nc(C(F)(F)F)cs2)c(-c2cc(C(=O)O)ccc2N2C3CCC2CN(C)C3)cn1. The minimum Gasteiger partial charge on any atom is -0.478 e. The summed E-state index contributed by atoms with van der Waals surface area (Å²) in [6.45, 7) is 3.81. The van der Waals surface area contributed by atoms with Gasteiger partial charge in [-0.15, -0.1) is 11.3 Å². The van der Waals surface area contributed by atoms with Gasteiger partial charge >= 0.3 is 18.2 Å². The molecule has 3 aromatic rings. The van der Waals surface area contributed by atoms with E-state index in [-0.39, 0.29) is 28.5 Å². The number of hydrogen-bond donors (Lipinski definition) is 3. The molecule has 1 aromatic carbocycles. The number of piperazine rings is 1. The van der Waals surface area contributed by atoms with Crippen LogP contribution in [0, 0.1) is 0 Å². The number of thiazole rings is 1. The lowest BCUT2D eigenvalue weighted by Gasteiger charge is -2.42. The molecule has 2 saturated heterocycles. The molecule has 4 heterocycles. The van der Waals surface area contributed by atoms with Crippen LogP contribution in [0.1, 0.15) is 35.8 Å². The van der Waals surface area contributed by atoms with Crippen molar-refractivity contribution in [2.75, 3.05) is 36.9 Å². The number of benzene rings is 1. The number of aromatic nitrogens is 2. The molecule has 2 fully saturated rings. The zero-order valence-corrected chi connectivity index (χ0v) is 22.1. The van der Waals surface area contributed by atoms with Gasteiger partial charge in [0.1, 0.15) is 10.8 Å². The van der Waals surface area contributed by atoms with E-state index in [1.165, 1.54) is 18.3 Å². The first-order valence-electron chi connectivity index (χ1n) is 12.5. The van der Waals surface area contributed by atoms with Crippen LogP contribution >= 0.6 is 11.3 Å². The number of likely N-dealkylation sites (tertiary alicyclic amines) is 1. The number of pyridine rings is 1. The molecule has 13 heteroatoms. The Balaban J connectivity index is 1.68. The molecule has 2 aromatic heterocycles. The maximum Gasteiger partial charge on any atom is 0.434 e. The highest BCUT2D eigenvalue weighted by molar-refractivity contribution is 7.13. The number of nitrogens with zero attached hydrogens (tertiary/aromatic N) is 4. The lowest BCUT2D eigenvalue weighted by Crippen LogP contribution is -2.52. The fourth-order valence-electron chi connectivity index (χ4n) is 5.38.